The van der Waals surface area contributed by atoms with Crippen LogP contribution in [0.4, 0.5) is 4.39 Å². The lowest BCUT2D eigenvalue weighted by molar-refractivity contribution is -0.134. The molecule has 1 aliphatic rings. The zero-order valence-electron chi connectivity index (χ0n) is 17.5. The highest BCUT2D eigenvalue weighted by Gasteiger charge is 2.27. The minimum absolute atomic E-state index is 0.213. The molecular formula is C25H27FN2O2. The average molecular weight is 407 g/mol. The van der Waals surface area contributed by atoms with Gasteiger partial charge in [-0.05, 0) is 72.3 Å². The van der Waals surface area contributed by atoms with E-state index in [-0.39, 0.29) is 11.8 Å². The number of H-pyrrole nitrogens is 1. The number of fused-ring (bicyclic) bond motifs is 2. The van der Waals surface area contributed by atoms with Crippen LogP contribution >= 0.6 is 0 Å². The Hall–Kier alpha value is -2.92. The Labute approximate surface area is 176 Å². The normalized spacial score (nSPS) is 15.9. The lowest BCUT2D eigenvalue weighted by Crippen LogP contribution is -2.29. The molecule has 0 saturated carbocycles. The largest absolute Gasteiger partial charge is 0.466 e. The van der Waals surface area contributed by atoms with E-state index in [2.05, 4.69) is 39.7 Å². The summed E-state index contributed by atoms with van der Waals surface area (Å²) < 4.78 is 18.1. The fourth-order valence-corrected chi connectivity index (χ4v) is 4.49. The third kappa shape index (κ3) is 4.17. The zero-order chi connectivity index (χ0) is 21.1. The van der Waals surface area contributed by atoms with E-state index in [1.807, 2.05) is 12.3 Å². The number of hydrogen-bond acceptors (Lipinski definition) is 3. The fraction of sp³-hybridized carbons (Fsp3) is 0.320. The number of nitrogens with zero attached hydrogens (tertiary/aromatic N) is 1. The molecule has 0 spiro atoms. The van der Waals surface area contributed by atoms with Crippen molar-refractivity contribution in [2.75, 3.05) is 20.2 Å². The summed E-state index contributed by atoms with van der Waals surface area (Å²) in [5.74, 6) is -0.556. The van der Waals surface area contributed by atoms with Gasteiger partial charge in [0.05, 0.1) is 7.11 Å². The molecule has 1 unspecified atom stereocenters. The van der Waals surface area contributed by atoms with E-state index in [9.17, 15) is 9.18 Å². The van der Waals surface area contributed by atoms with Crippen LogP contribution < -0.4 is 0 Å². The molecular weight excluding hydrogens is 379 g/mol. The zero-order valence-corrected chi connectivity index (χ0v) is 17.5. The summed E-state index contributed by atoms with van der Waals surface area (Å²) in [5, 5.41) is 1.10. The van der Waals surface area contributed by atoms with Crippen molar-refractivity contribution in [1.29, 1.82) is 0 Å². The molecule has 0 amide bonds. The Balaban J connectivity index is 1.47. The number of aromatic amines is 1. The van der Waals surface area contributed by atoms with Gasteiger partial charge in [-0.3, -0.25) is 4.90 Å². The number of ether oxygens (including phenoxy) is 1. The number of hydrogen-bond donors (Lipinski definition) is 1. The number of rotatable bonds is 7. The van der Waals surface area contributed by atoms with Crippen molar-refractivity contribution in [2.45, 2.75) is 32.2 Å². The van der Waals surface area contributed by atoms with Gasteiger partial charge in [0.15, 0.2) is 0 Å². The first-order valence-corrected chi connectivity index (χ1v) is 10.5. The van der Waals surface area contributed by atoms with Gasteiger partial charge in [0.25, 0.3) is 0 Å². The highest BCUT2D eigenvalue weighted by atomic mass is 19.1. The Morgan fingerprint density at radius 1 is 1.30 bits per heavy atom. The first-order chi connectivity index (χ1) is 14.6. The lowest BCUT2D eigenvalue weighted by atomic mass is 10.0. The summed E-state index contributed by atoms with van der Waals surface area (Å²) >= 11 is 0. The van der Waals surface area contributed by atoms with Gasteiger partial charge in [0.1, 0.15) is 5.82 Å². The monoisotopic (exact) mass is 406 g/mol. The summed E-state index contributed by atoms with van der Waals surface area (Å²) in [7, 11) is 1.38. The summed E-state index contributed by atoms with van der Waals surface area (Å²) in [4.78, 5) is 17.0. The number of carbonyl (C=O) groups excluding carboxylic acids is 1. The number of benzene rings is 2. The minimum atomic E-state index is -0.342. The second kappa shape index (κ2) is 8.84. The molecule has 1 heterocycles. The maximum absolute atomic E-state index is 13.4. The van der Waals surface area contributed by atoms with Crippen LogP contribution in [0.5, 0.6) is 0 Å². The van der Waals surface area contributed by atoms with Gasteiger partial charge in [-0.1, -0.05) is 25.1 Å². The van der Waals surface area contributed by atoms with Crippen molar-refractivity contribution in [3.05, 3.63) is 76.7 Å². The molecule has 1 atom stereocenters. The van der Waals surface area contributed by atoms with Gasteiger partial charge < -0.3 is 9.72 Å². The molecule has 156 valence electrons. The van der Waals surface area contributed by atoms with E-state index in [1.54, 1.807) is 12.1 Å². The molecule has 0 bridgehead atoms. The Morgan fingerprint density at radius 2 is 2.17 bits per heavy atom. The van der Waals surface area contributed by atoms with Crippen LogP contribution in [0, 0.1) is 5.82 Å². The van der Waals surface area contributed by atoms with E-state index in [4.69, 9.17) is 0 Å². The third-order valence-corrected chi connectivity index (χ3v) is 6.07. The molecule has 0 fully saturated rings. The number of aryl methyl sites for hydroxylation is 1. The van der Waals surface area contributed by atoms with E-state index in [0.717, 1.165) is 48.8 Å². The minimum Gasteiger partial charge on any atom is -0.466 e. The average Bonchev–Trinajstić information content (AvgIpc) is 3.36. The topological polar surface area (TPSA) is 45.3 Å². The fourth-order valence-electron chi connectivity index (χ4n) is 4.49. The van der Waals surface area contributed by atoms with Crippen LogP contribution in [0.3, 0.4) is 0 Å². The molecule has 4 nitrogen and oxygen atoms in total. The molecule has 1 N–H and O–H groups in total. The number of halogens is 1. The van der Waals surface area contributed by atoms with Gasteiger partial charge in [0.2, 0.25) is 0 Å². The first-order valence-electron chi connectivity index (χ1n) is 10.5. The summed E-state index contributed by atoms with van der Waals surface area (Å²) in [6.45, 7) is 4.13. The first kappa shape index (κ1) is 20.4. The Kier molecular flexibility index (Phi) is 6.00. The molecule has 30 heavy (non-hydrogen) atoms. The Morgan fingerprint density at radius 3 is 2.97 bits per heavy atom. The predicted octanol–water partition coefficient (Wildman–Crippen LogP) is 5.05. The maximum atomic E-state index is 13.4. The second-order valence-corrected chi connectivity index (χ2v) is 7.75. The molecule has 1 aliphatic carbocycles. The number of esters is 1. The van der Waals surface area contributed by atoms with Crippen molar-refractivity contribution in [3.8, 4) is 0 Å². The molecule has 2 aromatic carbocycles. The second-order valence-electron chi connectivity index (χ2n) is 7.75. The van der Waals surface area contributed by atoms with Gasteiger partial charge in [-0.25, -0.2) is 9.18 Å². The van der Waals surface area contributed by atoms with Gasteiger partial charge >= 0.3 is 5.97 Å². The van der Waals surface area contributed by atoms with E-state index >= 15 is 0 Å². The van der Waals surface area contributed by atoms with Crippen molar-refractivity contribution in [1.82, 2.24) is 9.88 Å². The van der Waals surface area contributed by atoms with Crippen LogP contribution in [0.2, 0.25) is 0 Å². The highest BCUT2D eigenvalue weighted by molar-refractivity contribution is 5.87. The molecule has 0 radical (unpaired) electrons. The Bertz CT molecular complexity index is 1090. The summed E-state index contributed by atoms with van der Waals surface area (Å²) in [6.07, 6.45) is 8.33. The van der Waals surface area contributed by atoms with E-state index < -0.39 is 0 Å². The number of methoxy groups -OCH3 is 1. The predicted molar refractivity (Wildman–Crippen MR) is 118 cm³/mol. The molecule has 3 aromatic rings. The van der Waals surface area contributed by atoms with Crippen LogP contribution in [0.15, 0.2) is 48.7 Å². The standard InChI is InChI=1S/C25H27FN2O2/c1-3-28(13-12-19-16-27-23-15-20(26)7-9-21(19)23)24-10-6-18-14-17(4-8-22(18)24)5-11-25(29)30-2/h4-5,7-9,11,14-16,24,27H,3,6,10,12-13H2,1-2H3/b11-5+. The lowest BCUT2D eigenvalue weighted by Gasteiger charge is -2.28. The van der Waals surface area contributed by atoms with Gasteiger partial charge in [-0.15, -0.1) is 0 Å². The summed E-state index contributed by atoms with van der Waals surface area (Å²) in [5.41, 5.74) is 5.84. The van der Waals surface area contributed by atoms with Gasteiger partial charge in [0, 0.05) is 35.8 Å². The number of carbonyl (C=O) groups is 1. The van der Waals surface area contributed by atoms with Crippen molar-refractivity contribution in [2.24, 2.45) is 0 Å². The van der Waals surface area contributed by atoms with Crippen molar-refractivity contribution in [3.63, 3.8) is 0 Å². The van der Waals surface area contributed by atoms with Crippen LogP contribution in [-0.2, 0) is 22.4 Å². The summed E-state index contributed by atoms with van der Waals surface area (Å²) in [6, 6.07) is 11.8. The molecule has 1 aromatic heterocycles. The van der Waals surface area contributed by atoms with Crippen LogP contribution in [-0.4, -0.2) is 36.1 Å². The van der Waals surface area contributed by atoms with E-state index in [0.29, 0.717) is 6.04 Å². The molecule has 4 rings (SSSR count). The van der Waals surface area contributed by atoms with E-state index in [1.165, 1.54) is 35.9 Å². The van der Waals surface area contributed by atoms with Crippen LogP contribution in [0.25, 0.3) is 17.0 Å². The molecule has 5 heteroatoms. The molecule has 0 aliphatic heterocycles. The number of nitrogens with one attached hydrogen (secondary N) is 1. The molecule has 0 saturated heterocycles. The number of aromatic nitrogens is 1. The van der Waals surface area contributed by atoms with Gasteiger partial charge in [-0.2, -0.15) is 0 Å². The van der Waals surface area contributed by atoms with Crippen molar-refractivity contribution >= 4 is 22.9 Å². The number of likely N-dealkylation sites (N-methyl/N-ethyl adjacent to an activating group) is 1. The van der Waals surface area contributed by atoms with Crippen molar-refractivity contribution < 1.29 is 13.9 Å². The SMILES string of the molecule is CCN(CCc1c[nH]c2cc(F)ccc12)C1CCc2cc(/C=C/C(=O)OC)ccc21. The quantitative estimate of drug-likeness (QED) is 0.441. The smallest absolute Gasteiger partial charge is 0.330 e. The maximum Gasteiger partial charge on any atom is 0.330 e. The highest BCUT2D eigenvalue weighted by Crippen LogP contribution is 2.36. The third-order valence-electron chi connectivity index (χ3n) is 6.07. The van der Waals surface area contributed by atoms with Crippen LogP contribution in [0.1, 0.15) is 41.6 Å².